The van der Waals surface area contributed by atoms with Crippen LogP contribution in [0.5, 0.6) is 5.75 Å². The Bertz CT molecular complexity index is 584. The number of nitro groups is 1. The van der Waals surface area contributed by atoms with Gasteiger partial charge in [-0.1, -0.05) is 0 Å². The third-order valence-corrected chi connectivity index (χ3v) is 3.91. The molecule has 1 aromatic heterocycles. The van der Waals surface area contributed by atoms with Gasteiger partial charge in [0.2, 0.25) is 0 Å². The monoisotopic (exact) mass is 292 g/mol. The number of fused-ring (bicyclic) bond motifs is 1. The predicted molar refractivity (Wildman–Crippen MR) is 74.4 cm³/mol. The molecule has 0 unspecified atom stereocenters. The van der Waals surface area contributed by atoms with Gasteiger partial charge in [-0.25, -0.2) is 0 Å². The fraction of sp³-hybridized carbons (Fsp3) is 0.538. The smallest absolute Gasteiger partial charge is 0.366 e. The summed E-state index contributed by atoms with van der Waals surface area (Å²) in [6.45, 7) is 1.73. The Morgan fingerprint density at radius 3 is 2.76 bits per heavy atom. The summed E-state index contributed by atoms with van der Waals surface area (Å²) in [7, 11) is 2.04. The van der Waals surface area contributed by atoms with Gasteiger partial charge in [-0.15, -0.1) is 0 Å². The van der Waals surface area contributed by atoms with E-state index in [1.807, 2.05) is 7.05 Å². The minimum absolute atomic E-state index is 0.0193. The van der Waals surface area contributed by atoms with Gasteiger partial charge in [0, 0.05) is 12.1 Å². The molecule has 1 saturated heterocycles. The molecule has 1 amide bonds. The number of carbonyl (C=O) groups is 1. The largest absolute Gasteiger partial charge is 0.477 e. The third-order valence-electron chi connectivity index (χ3n) is 3.91. The third kappa shape index (κ3) is 2.54. The van der Waals surface area contributed by atoms with Crippen LogP contribution in [0.15, 0.2) is 12.1 Å². The minimum atomic E-state index is -0.563. The molecule has 0 radical (unpaired) electrons. The molecular formula is C13H16N4O4. The van der Waals surface area contributed by atoms with Gasteiger partial charge in [0.15, 0.2) is 12.4 Å². The van der Waals surface area contributed by atoms with Crippen molar-refractivity contribution in [2.75, 3.05) is 31.6 Å². The van der Waals surface area contributed by atoms with Gasteiger partial charge in [0.1, 0.15) is 0 Å². The summed E-state index contributed by atoms with van der Waals surface area (Å²) in [4.78, 5) is 30.3. The number of amides is 1. The van der Waals surface area contributed by atoms with Crippen LogP contribution in [0.1, 0.15) is 12.8 Å². The minimum Gasteiger partial charge on any atom is -0.477 e. The Morgan fingerprint density at radius 1 is 1.38 bits per heavy atom. The fourth-order valence-corrected chi connectivity index (χ4v) is 2.77. The van der Waals surface area contributed by atoms with Crippen LogP contribution in [-0.2, 0) is 4.79 Å². The second kappa shape index (κ2) is 5.28. The molecule has 1 aromatic rings. The van der Waals surface area contributed by atoms with Crippen LogP contribution in [0.2, 0.25) is 0 Å². The van der Waals surface area contributed by atoms with E-state index in [2.05, 4.69) is 9.88 Å². The second-order valence-corrected chi connectivity index (χ2v) is 5.34. The van der Waals surface area contributed by atoms with Gasteiger partial charge in [-0.2, -0.15) is 0 Å². The van der Waals surface area contributed by atoms with Crippen molar-refractivity contribution < 1.29 is 14.5 Å². The van der Waals surface area contributed by atoms with Gasteiger partial charge < -0.3 is 19.8 Å². The number of nitrogens with zero attached hydrogens (tertiary/aromatic N) is 4. The van der Waals surface area contributed by atoms with E-state index < -0.39 is 4.92 Å². The molecule has 0 spiro atoms. The lowest BCUT2D eigenvalue weighted by Crippen LogP contribution is -2.50. The zero-order valence-electron chi connectivity index (χ0n) is 11.7. The van der Waals surface area contributed by atoms with E-state index in [-0.39, 0.29) is 30.2 Å². The van der Waals surface area contributed by atoms with Crippen LogP contribution in [0.4, 0.5) is 11.6 Å². The summed E-state index contributed by atoms with van der Waals surface area (Å²) in [5.74, 6) is 0.240. The van der Waals surface area contributed by atoms with Gasteiger partial charge in [0.25, 0.3) is 11.7 Å². The molecule has 2 aliphatic heterocycles. The van der Waals surface area contributed by atoms with Crippen molar-refractivity contribution in [2.24, 2.45) is 0 Å². The lowest BCUT2D eigenvalue weighted by Gasteiger charge is -2.37. The zero-order valence-corrected chi connectivity index (χ0v) is 11.7. The van der Waals surface area contributed by atoms with E-state index in [1.54, 1.807) is 4.90 Å². The van der Waals surface area contributed by atoms with Crippen molar-refractivity contribution in [3.8, 4) is 5.75 Å². The molecule has 0 bridgehead atoms. The molecule has 8 nitrogen and oxygen atoms in total. The predicted octanol–water partition coefficient (Wildman–Crippen LogP) is 0.809. The summed E-state index contributed by atoms with van der Waals surface area (Å²) in [5, 5.41) is 10.9. The molecule has 0 atom stereocenters. The summed E-state index contributed by atoms with van der Waals surface area (Å²) >= 11 is 0. The van der Waals surface area contributed by atoms with Crippen LogP contribution < -0.4 is 9.64 Å². The number of anilines is 1. The first-order chi connectivity index (χ1) is 10.1. The Labute approximate surface area is 121 Å². The second-order valence-electron chi connectivity index (χ2n) is 5.34. The lowest BCUT2D eigenvalue weighted by atomic mass is 10.0. The van der Waals surface area contributed by atoms with Crippen molar-refractivity contribution in [1.82, 2.24) is 9.88 Å². The molecule has 1 fully saturated rings. The normalized spacial score (nSPS) is 20.0. The Morgan fingerprint density at radius 2 is 2.10 bits per heavy atom. The topological polar surface area (TPSA) is 88.8 Å². The highest BCUT2D eigenvalue weighted by Gasteiger charge is 2.37. The van der Waals surface area contributed by atoms with Crippen LogP contribution in [-0.4, -0.2) is 53.5 Å². The number of rotatable bonds is 2. The van der Waals surface area contributed by atoms with Crippen molar-refractivity contribution in [3.63, 3.8) is 0 Å². The van der Waals surface area contributed by atoms with E-state index in [1.165, 1.54) is 12.1 Å². The van der Waals surface area contributed by atoms with Crippen molar-refractivity contribution in [3.05, 3.63) is 22.2 Å². The maximum atomic E-state index is 12.2. The molecule has 0 aliphatic carbocycles. The fourth-order valence-electron chi connectivity index (χ4n) is 2.77. The van der Waals surface area contributed by atoms with Crippen molar-refractivity contribution in [2.45, 2.75) is 18.9 Å². The molecule has 21 heavy (non-hydrogen) atoms. The highest BCUT2D eigenvalue weighted by molar-refractivity contribution is 5.97. The first-order valence-corrected chi connectivity index (χ1v) is 6.85. The van der Waals surface area contributed by atoms with Crippen LogP contribution in [0.3, 0.4) is 0 Å². The number of piperidine rings is 1. The molecule has 0 N–H and O–H groups in total. The molecule has 2 aliphatic rings. The van der Waals surface area contributed by atoms with Crippen molar-refractivity contribution >= 4 is 17.5 Å². The van der Waals surface area contributed by atoms with E-state index in [9.17, 15) is 14.9 Å². The van der Waals surface area contributed by atoms with Crippen LogP contribution in [0, 0.1) is 10.1 Å². The Balaban J connectivity index is 1.95. The maximum Gasteiger partial charge on any atom is 0.366 e. The van der Waals surface area contributed by atoms with Crippen LogP contribution >= 0.6 is 0 Å². The van der Waals surface area contributed by atoms with Gasteiger partial charge in [0.05, 0.1) is 0 Å². The first-order valence-electron chi connectivity index (χ1n) is 6.85. The molecule has 8 heteroatoms. The molecule has 0 aromatic carbocycles. The quantitative estimate of drug-likeness (QED) is 0.592. The van der Waals surface area contributed by atoms with Gasteiger partial charge in [-0.3, -0.25) is 9.69 Å². The molecular weight excluding hydrogens is 276 g/mol. The van der Waals surface area contributed by atoms with E-state index in [4.69, 9.17) is 4.74 Å². The molecule has 112 valence electrons. The van der Waals surface area contributed by atoms with E-state index in [0.717, 1.165) is 25.9 Å². The SMILES string of the molecule is CN1CCC(N2C(=O)COc3ccc([N+](=O)[O-])nc32)CC1. The number of hydrogen-bond donors (Lipinski definition) is 0. The molecule has 3 rings (SSSR count). The lowest BCUT2D eigenvalue weighted by molar-refractivity contribution is -0.389. The van der Waals surface area contributed by atoms with E-state index >= 15 is 0 Å². The Kier molecular flexibility index (Phi) is 3.46. The van der Waals surface area contributed by atoms with Gasteiger partial charge in [-0.05, 0) is 49.0 Å². The summed E-state index contributed by atoms with van der Waals surface area (Å²) < 4.78 is 5.33. The highest BCUT2D eigenvalue weighted by Crippen LogP contribution is 2.35. The van der Waals surface area contributed by atoms with Crippen molar-refractivity contribution in [1.29, 1.82) is 0 Å². The highest BCUT2D eigenvalue weighted by atomic mass is 16.6. The summed E-state index contributed by atoms with van der Waals surface area (Å²) in [5.41, 5.74) is 0. The molecule has 0 saturated carbocycles. The summed E-state index contributed by atoms with van der Waals surface area (Å²) in [6.07, 6.45) is 1.65. The number of hydrogen-bond acceptors (Lipinski definition) is 6. The number of likely N-dealkylation sites (tertiary alicyclic amines) is 1. The number of ether oxygens (including phenoxy) is 1. The standard InChI is InChI=1S/C13H16N4O4/c1-15-6-4-9(5-7-15)16-12(18)8-21-10-2-3-11(17(19)20)14-13(10)16/h2-3,9H,4-8H2,1H3. The van der Waals surface area contributed by atoms with E-state index in [0.29, 0.717) is 5.75 Å². The number of pyridine rings is 1. The summed E-state index contributed by atoms with van der Waals surface area (Å²) in [6, 6.07) is 2.82. The average Bonchev–Trinajstić information content (AvgIpc) is 2.48. The number of aromatic nitrogens is 1. The Hall–Kier alpha value is -2.22. The van der Waals surface area contributed by atoms with Crippen LogP contribution in [0.25, 0.3) is 0 Å². The molecule has 3 heterocycles. The average molecular weight is 292 g/mol. The first kappa shape index (κ1) is 13.7. The number of carbonyl (C=O) groups excluding carboxylic acids is 1. The maximum absolute atomic E-state index is 12.2. The zero-order chi connectivity index (χ0) is 15.0. The van der Waals surface area contributed by atoms with Gasteiger partial charge >= 0.3 is 5.82 Å².